The molecule has 0 radical (unpaired) electrons. The van der Waals surface area contributed by atoms with Crippen molar-refractivity contribution in [1.29, 1.82) is 0 Å². The number of hydrogen-bond acceptors (Lipinski definition) is 6. The highest BCUT2D eigenvalue weighted by molar-refractivity contribution is 5.70. The molecule has 1 atom stereocenters. The van der Waals surface area contributed by atoms with E-state index in [2.05, 4.69) is 11.8 Å². The molecule has 1 unspecified atom stereocenters. The Morgan fingerprint density at radius 3 is 1.27 bits per heavy atom. The highest BCUT2D eigenvalue weighted by Gasteiger charge is 2.12. The molecule has 1 heterocycles. The number of unbranched alkanes of at least 4 members (excludes halogenated alkanes) is 9. The van der Waals surface area contributed by atoms with E-state index in [0.29, 0.717) is 12.8 Å². The molecule has 0 aliphatic carbocycles. The van der Waals surface area contributed by atoms with E-state index in [1.54, 1.807) is 0 Å². The predicted molar refractivity (Wildman–Crippen MR) is 211 cm³/mol. The number of hydrogen-bond donors (Lipinski definition) is 1. The second kappa shape index (κ2) is 38.1. The summed E-state index contributed by atoms with van der Waals surface area (Å²) in [5.74, 6) is -0.330. The number of ether oxygens (including phenoxy) is 2. The van der Waals surface area contributed by atoms with Crippen LogP contribution in [0.5, 0.6) is 0 Å². The fourth-order valence-electron chi connectivity index (χ4n) is 7.15. The van der Waals surface area contributed by atoms with Crippen LogP contribution in [-0.4, -0.2) is 49.2 Å². The molecule has 1 saturated heterocycles. The van der Waals surface area contributed by atoms with Gasteiger partial charge in [0.1, 0.15) is 12.7 Å². The third kappa shape index (κ3) is 35.1. The fourth-order valence-corrected chi connectivity index (χ4v) is 7.15. The molecular weight excluding hydrogens is 608 g/mol. The van der Waals surface area contributed by atoms with Gasteiger partial charge in [0.25, 0.3) is 0 Å². The van der Waals surface area contributed by atoms with Crippen LogP contribution in [0.1, 0.15) is 232 Å². The summed E-state index contributed by atoms with van der Waals surface area (Å²) >= 11 is 0. The first-order valence-electron chi connectivity index (χ1n) is 21.7. The third-order valence-electron chi connectivity index (χ3n) is 10.4. The van der Waals surface area contributed by atoms with Crippen molar-refractivity contribution in [1.82, 2.24) is 11.1 Å². The van der Waals surface area contributed by atoms with Crippen LogP contribution in [0, 0.1) is 0 Å². The number of rotatable bonds is 11. The molecule has 0 saturated carbocycles. The van der Waals surface area contributed by atoms with Crippen LogP contribution in [-0.2, 0) is 19.1 Å². The molecule has 0 bridgehead atoms. The van der Waals surface area contributed by atoms with Crippen LogP contribution in [0.15, 0.2) is 0 Å². The van der Waals surface area contributed by atoms with E-state index in [0.717, 1.165) is 25.7 Å². The molecule has 6 heteroatoms. The lowest BCUT2D eigenvalue weighted by atomic mass is 10.0. The summed E-state index contributed by atoms with van der Waals surface area (Å²) in [6, 6.07) is 0. The van der Waals surface area contributed by atoms with Gasteiger partial charge in [-0.3, -0.25) is 9.59 Å². The van der Waals surface area contributed by atoms with Crippen LogP contribution in [0.4, 0.5) is 0 Å². The standard InChI is InChI=1S/C43H83NO4.H3N/c1-3-4-5-6-7-8-17-22-27-32-37-44-38-33-28-23-18-13-9-11-15-20-25-30-35-42(45)47-40-41(2)48-43(46)36-31-26-21-16-12-10-14-19-24-29-34-39-44;/h41H,3-40H2,1-2H3;1H3. The Morgan fingerprint density at radius 1 is 0.490 bits per heavy atom. The molecule has 6 nitrogen and oxygen atoms in total. The maximum Gasteiger partial charge on any atom is 0.306 e. The molecule has 0 aromatic heterocycles. The molecule has 0 aromatic rings. The summed E-state index contributed by atoms with van der Waals surface area (Å²) < 4.78 is 10.8. The van der Waals surface area contributed by atoms with Crippen molar-refractivity contribution in [2.24, 2.45) is 0 Å². The highest BCUT2D eigenvalue weighted by atomic mass is 16.6. The first-order valence-corrected chi connectivity index (χ1v) is 21.7. The Hall–Kier alpha value is -1.14. The van der Waals surface area contributed by atoms with Crippen molar-refractivity contribution in [3.63, 3.8) is 0 Å². The number of nitrogens with zero attached hydrogens (tertiary/aromatic N) is 1. The molecule has 1 aliphatic heterocycles. The zero-order valence-corrected chi connectivity index (χ0v) is 33.2. The quantitative estimate of drug-likeness (QED) is 0.171. The average molecular weight is 695 g/mol. The van der Waals surface area contributed by atoms with Crippen molar-refractivity contribution < 1.29 is 19.1 Å². The minimum absolute atomic E-state index is 0. The molecule has 49 heavy (non-hydrogen) atoms. The lowest BCUT2D eigenvalue weighted by Crippen LogP contribution is -2.27. The summed E-state index contributed by atoms with van der Waals surface area (Å²) in [4.78, 5) is 27.0. The minimum Gasteiger partial charge on any atom is -0.462 e. The van der Waals surface area contributed by atoms with Crippen LogP contribution < -0.4 is 6.15 Å². The van der Waals surface area contributed by atoms with E-state index in [-0.39, 0.29) is 30.8 Å². The Labute approximate surface area is 306 Å². The second-order valence-electron chi connectivity index (χ2n) is 15.3. The summed E-state index contributed by atoms with van der Waals surface area (Å²) in [7, 11) is 0. The van der Waals surface area contributed by atoms with Crippen molar-refractivity contribution in [3.8, 4) is 0 Å². The van der Waals surface area contributed by atoms with Gasteiger partial charge < -0.3 is 20.5 Å². The van der Waals surface area contributed by atoms with E-state index >= 15 is 0 Å². The van der Waals surface area contributed by atoms with Crippen molar-refractivity contribution in [3.05, 3.63) is 0 Å². The number of carbonyl (C=O) groups is 2. The van der Waals surface area contributed by atoms with Gasteiger partial charge in [-0.15, -0.1) is 0 Å². The van der Waals surface area contributed by atoms with Gasteiger partial charge in [0.2, 0.25) is 0 Å². The average Bonchev–Trinajstić information content (AvgIpc) is 3.07. The minimum atomic E-state index is -0.367. The van der Waals surface area contributed by atoms with E-state index < -0.39 is 0 Å². The topological polar surface area (TPSA) is 90.8 Å². The van der Waals surface area contributed by atoms with Gasteiger partial charge >= 0.3 is 11.9 Å². The predicted octanol–water partition coefficient (Wildman–Crippen LogP) is 13.2. The zero-order valence-electron chi connectivity index (χ0n) is 33.2. The molecule has 0 spiro atoms. The maximum atomic E-state index is 12.2. The Kier molecular flexibility index (Phi) is 37.2. The SMILES string of the molecule is CCCCCCCCCCCCN1CCCCCCCCCCCCCC(=O)OCC(C)OC(=O)CCCCCCCCCCCCC1.N. The van der Waals surface area contributed by atoms with Crippen LogP contribution >= 0.6 is 0 Å². The van der Waals surface area contributed by atoms with Crippen molar-refractivity contribution >= 4 is 11.9 Å². The van der Waals surface area contributed by atoms with Gasteiger partial charge in [-0.2, -0.15) is 0 Å². The number of cyclic esters (lactones) is 2. The first-order chi connectivity index (χ1) is 23.6. The molecule has 1 aliphatic rings. The van der Waals surface area contributed by atoms with E-state index in [1.165, 1.54) is 199 Å². The summed E-state index contributed by atoms with van der Waals surface area (Å²) in [6.07, 6.45) is 42.9. The molecule has 292 valence electrons. The second-order valence-corrected chi connectivity index (χ2v) is 15.3. The van der Waals surface area contributed by atoms with E-state index in [1.807, 2.05) is 6.92 Å². The summed E-state index contributed by atoms with van der Waals surface area (Å²) in [6.45, 7) is 8.23. The normalized spacial score (nSPS) is 21.6. The van der Waals surface area contributed by atoms with E-state index in [4.69, 9.17) is 9.47 Å². The Morgan fingerprint density at radius 2 is 0.837 bits per heavy atom. The monoisotopic (exact) mass is 695 g/mol. The number of carbonyl (C=O) groups excluding carboxylic acids is 2. The Balaban J connectivity index is 0.0000230. The molecular formula is C43H86N2O4. The summed E-state index contributed by atoms with van der Waals surface area (Å²) in [5, 5.41) is 0. The van der Waals surface area contributed by atoms with Gasteiger partial charge in [-0.25, -0.2) is 0 Å². The van der Waals surface area contributed by atoms with Gasteiger partial charge in [0.15, 0.2) is 0 Å². The van der Waals surface area contributed by atoms with Crippen molar-refractivity contribution in [2.75, 3.05) is 26.2 Å². The fraction of sp³-hybridized carbons (Fsp3) is 0.953. The van der Waals surface area contributed by atoms with Crippen LogP contribution in [0.2, 0.25) is 0 Å². The number of esters is 2. The molecule has 1 fully saturated rings. The van der Waals surface area contributed by atoms with Gasteiger partial charge in [0, 0.05) is 12.8 Å². The van der Waals surface area contributed by atoms with E-state index in [9.17, 15) is 9.59 Å². The lowest BCUT2D eigenvalue weighted by Gasteiger charge is -2.22. The van der Waals surface area contributed by atoms with Crippen LogP contribution in [0.25, 0.3) is 0 Å². The Bertz CT molecular complexity index is 703. The smallest absolute Gasteiger partial charge is 0.306 e. The molecule has 0 aromatic carbocycles. The third-order valence-corrected chi connectivity index (χ3v) is 10.4. The first kappa shape index (κ1) is 47.9. The molecule has 1 rings (SSSR count). The highest BCUT2D eigenvalue weighted by Crippen LogP contribution is 2.16. The summed E-state index contributed by atoms with van der Waals surface area (Å²) in [5.41, 5.74) is 0. The maximum absolute atomic E-state index is 12.2. The molecule has 3 N–H and O–H groups in total. The van der Waals surface area contributed by atoms with Gasteiger partial charge in [0.05, 0.1) is 0 Å². The van der Waals surface area contributed by atoms with Crippen molar-refractivity contribution in [2.45, 2.75) is 238 Å². The van der Waals surface area contributed by atoms with Gasteiger partial charge in [-0.05, 0) is 58.7 Å². The van der Waals surface area contributed by atoms with Gasteiger partial charge in [-0.1, -0.05) is 180 Å². The lowest BCUT2D eigenvalue weighted by molar-refractivity contribution is -0.158. The molecule has 0 amide bonds. The zero-order chi connectivity index (χ0) is 34.6. The van der Waals surface area contributed by atoms with Crippen LogP contribution in [0.3, 0.4) is 0 Å². The largest absolute Gasteiger partial charge is 0.462 e.